The minimum Gasteiger partial charge on any atom is -0.392 e. The fraction of sp³-hybridized carbons (Fsp3) is 1.00. The van der Waals surface area contributed by atoms with E-state index in [2.05, 4.69) is 38.3 Å². The molecular weight excluding hydrogens is 228 g/mol. The fourth-order valence-corrected chi connectivity index (χ4v) is 2.68. The molecule has 6 atom stereocenters. The van der Waals surface area contributed by atoms with Crippen LogP contribution in [0.4, 0.5) is 0 Å². The lowest BCUT2D eigenvalue weighted by atomic mass is 9.90. The summed E-state index contributed by atoms with van der Waals surface area (Å²) in [6, 6.07) is 0. The molecule has 2 heterocycles. The Balaban J connectivity index is 0.000000180. The predicted molar refractivity (Wildman–Crippen MR) is 74.4 cm³/mol. The first-order valence-electron chi connectivity index (χ1n) is 7.21. The molecule has 0 aromatic rings. The van der Waals surface area contributed by atoms with Crippen molar-refractivity contribution in [2.45, 2.75) is 39.9 Å². The van der Waals surface area contributed by atoms with Crippen molar-refractivity contribution < 1.29 is 10.2 Å². The number of rotatable bonds is 0. The van der Waals surface area contributed by atoms with Crippen molar-refractivity contribution in [2.24, 2.45) is 23.7 Å². The van der Waals surface area contributed by atoms with Crippen molar-refractivity contribution in [3.8, 4) is 0 Å². The van der Waals surface area contributed by atoms with Crippen LogP contribution < -0.4 is 10.6 Å². The third kappa shape index (κ3) is 4.50. The Bertz CT molecular complexity index is 194. The highest BCUT2D eigenvalue weighted by Gasteiger charge is 2.25. The van der Waals surface area contributed by atoms with Crippen LogP contribution in [0.1, 0.15) is 27.7 Å². The van der Waals surface area contributed by atoms with Gasteiger partial charge in [0.1, 0.15) is 0 Å². The van der Waals surface area contributed by atoms with Crippen molar-refractivity contribution in [3.05, 3.63) is 0 Å². The molecule has 18 heavy (non-hydrogen) atoms. The topological polar surface area (TPSA) is 64.5 Å². The first kappa shape index (κ1) is 15.9. The van der Waals surface area contributed by atoms with E-state index in [-0.39, 0.29) is 12.2 Å². The molecule has 2 rings (SSSR count). The first-order valence-corrected chi connectivity index (χ1v) is 7.21. The lowest BCUT2D eigenvalue weighted by Crippen LogP contribution is -2.44. The van der Waals surface area contributed by atoms with Crippen molar-refractivity contribution >= 4 is 0 Å². The van der Waals surface area contributed by atoms with Crippen LogP contribution in [-0.4, -0.2) is 48.6 Å². The predicted octanol–water partition coefficient (Wildman–Crippen LogP) is 0.445. The number of piperidine rings is 2. The van der Waals surface area contributed by atoms with Gasteiger partial charge >= 0.3 is 0 Å². The molecule has 4 heteroatoms. The van der Waals surface area contributed by atoms with Crippen molar-refractivity contribution in [1.29, 1.82) is 0 Å². The monoisotopic (exact) mass is 258 g/mol. The van der Waals surface area contributed by atoms with E-state index >= 15 is 0 Å². The van der Waals surface area contributed by atoms with Gasteiger partial charge in [-0.1, -0.05) is 27.7 Å². The molecule has 0 radical (unpaired) electrons. The molecular formula is C14H30N2O2. The molecule has 2 saturated heterocycles. The summed E-state index contributed by atoms with van der Waals surface area (Å²) >= 11 is 0. The minimum atomic E-state index is -0.0914. The highest BCUT2D eigenvalue weighted by molar-refractivity contribution is 4.79. The summed E-state index contributed by atoms with van der Waals surface area (Å²) in [7, 11) is 0. The van der Waals surface area contributed by atoms with E-state index in [0.29, 0.717) is 23.7 Å². The highest BCUT2D eigenvalue weighted by atomic mass is 16.3. The summed E-state index contributed by atoms with van der Waals surface area (Å²) in [5.41, 5.74) is 0. The van der Waals surface area contributed by atoms with E-state index in [1.807, 2.05) is 0 Å². The zero-order valence-electron chi connectivity index (χ0n) is 12.2. The summed E-state index contributed by atoms with van der Waals surface area (Å²) in [5.74, 6) is 1.70. The summed E-state index contributed by atoms with van der Waals surface area (Å²) in [6.07, 6.45) is -0.183. The number of hydrogen-bond acceptors (Lipinski definition) is 4. The number of hydrogen-bond donors (Lipinski definition) is 4. The Hall–Kier alpha value is -0.160. The smallest absolute Gasteiger partial charge is 0.0615 e. The van der Waals surface area contributed by atoms with Crippen molar-refractivity contribution in [3.63, 3.8) is 0 Å². The summed E-state index contributed by atoms with van der Waals surface area (Å²) in [5, 5.41) is 25.3. The zero-order valence-corrected chi connectivity index (χ0v) is 12.2. The number of aliphatic hydroxyl groups excluding tert-OH is 2. The molecule has 2 fully saturated rings. The average molecular weight is 258 g/mol. The van der Waals surface area contributed by atoms with Crippen LogP contribution in [0.3, 0.4) is 0 Å². The molecule has 2 aliphatic rings. The second-order valence-corrected chi connectivity index (χ2v) is 6.21. The maximum atomic E-state index is 9.41. The maximum absolute atomic E-state index is 9.41. The SMILES string of the molecule is C[C@@H]1CNC[C@H](C)C1O.C[C@@H]1CNC[C@H](C)C1O. The standard InChI is InChI=1S/2C7H15NO/c2*1-5-3-8-4-6(2)7(5)9/h2*5-9H,3-4H2,1-2H3/t2*5-,6+,7?. The molecule has 0 aliphatic carbocycles. The molecule has 0 saturated carbocycles. The van der Waals surface area contributed by atoms with E-state index in [0.717, 1.165) is 26.2 Å². The van der Waals surface area contributed by atoms with Gasteiger partial charge in [-0.25, -0.2) is 0 Å². The van der Waals surface area contributed by atoms with Gasteiger partial charge in [0.25, 0.3) is 0 Å². The van der Waals surface area contributed by atoms with Crippen molar-refractivity contribution in [1.82, 2.24) is 10.6 Å². The lowest BCUT2D eigenvalue weighted by Gasteiger charge is -2.30. The van der Waals surface area contributed by atoms with Crippen LogP contribution in [0.5, 0.6) is 0 Å². The molecule has 2 aliphatic heterocycles. The number of nitrogens with one attached hydrogen (secondary N) is 2. The van der Waals surface area contributed by atoms with Gasteiger partial charge in [0, 0.05) is 26.2 Å². The van der Waals surface area contributed by atoms with Gasteiger partial charge in [-0.15, -0.1) is 0 Å². The van der Waals surface area contributed by atoms with E-state index in [1.54, 1.807) is 0 Å². The van der Waals surface area contributed by atoms with E-state index < -0.39 is 0 Å². The van der Waals surface area contributed by atoms with E-state index in [4.69, 9.17) is 0 Å². The summed E-state index contributed by atoms with van der Waals surface area (Å²) < 4.78 is 0. The second kappa shape index (κ2) is 7.43. The zero-order chi connectivity index (χ0) is 13.7. The van der Waals surface area contributed by atoms with E-state index in [1.165, 1.54) is 0 Å². The van der Waals surface area contributed by atoms with Crippen LogP contribution in [-0.2, 0) is 0 Å². The Morgan fingerprint density at radius 3 is 1.00 bits per heavy atom. The summed E-state index contributed by atoms with van der Waals surface area (Å²) in [6.45, 7) is 12.2. The van der Waals surface area contributed by atoms with Crippen LogP contribution in [0.2, 0.25) is 0 Å². The van der Waals surface area contributed by atoms with Gasteiger partial charge in [-0.2, -0.15) is 0 Å². The molecule has 4 N–H and O–H groups in total. The Morgan fingerprint density at radius 1 is 0.611 bits per heavy atom. The first-order chi connectivity index (χ1) is 8.43. The quantitative estimate of drug-likeness (QED) is 0.509. The Kier molecular flexibility index (Phi) is 6.57. The number of aliphatic hydroxyl groups is 2. The largest absolute Gasteiger partial charge is 0.392 e. The maximum Gasteiger partial charge on any atom is 0.0615 e. The molecule has 0 aromatic heterocycles. The normalized spacial score (nSPS) is 45.0. The third-order valence-corrected chi connectivity index (χ3v) is 4.20. The molecule has 2 unspecified atom stereocenters. The third-order valence-electron chi connectivity index (χ3n) is 4.20. The van der Waals surface area contributed by atoms with Gasteiger partial charge in [0.2, 0.25) is 0 Å². The molecule has 4 nitrogen and oxygen atoms in total. The molecule has 0 amide bonds. The van der Waals surface area contributed by atoms with Crippen LogP contribution >= 0.6 is 0 Å². The molecule has 108 valence electrons. The highest BCUT2D eigenvalue weighted by Crippen LogP contribution is 2.15. The van der Waals surface area contributed by atoms with Gasteiger partial charge in [0.05, 0.1) is 12.2 Å². The fourth-order valence-electron chi connectivity index (χ4n) is 2.68. The summed E-state index contributed by atoms with van der Waals surface area (Å²) in [4.78, 5) is 0. The molecule has 0 aromatic carbocycles. The Labute approximate surface area is 111 Å². The van der Waals surface area contributed by atoms with Gasteiger partial charge in [-0.05, 0) is 23.7 Å². The lowest BCUT2D eigenvalue weighted by molar-refractivity contribution is 0.0433. The van der Waals surface area contributed by atoms with Gasteiger partial charge in [0.15, 0.2) is 0 Å². The van der Waals surface area contributed by atoms with Crippen LogP contribution in [0, 0.1) is 23.7 Å². The van der Waals surface area contributed by atoms with Crippen molar-refractivity contribution in [2.75, 3.05) is 26.2 Å². The second-order valence-electron chi connectivity index (χ2n) is 6.21. The molecule has 0 spiro atoms. The molecule has 0 bridgehead atoms. The van der Waals surface area contributed by atoms with Crippen LogP contribution in [0.25, 0.3) is 0 Å². The average Bonchev–Trinajstić information content (AvgIpc) is 2.34. The van der Waals surface area contributed by atoms with Gasteiger partial charge in [-0.3, -0.25) is 0 Å². The van der Waals surface area contributed by atoms with Gasteiger partial charge < -0.3 is 20.8 Å². The Morgan fingerprint density at radius 2 is 0.833 bits per heavy atom. The van der Waals surface area contributed by atoms with E-state index in [9.17, 15) is 10.2 Å². The minimum absolute atomic E-state index is 0.0914. The van der Waals surface area contributed by atoms with Crippen LogP contribution in [0.15, 0.2) is 0 Å².